The first-order valence-electron chi connectivity index (χ1n) is 4.57. The molecule has 14 heavy (non-hydrogen) atoms. The summed E-state index contributed by atoms with van der Waals surface area (Å²) in [6.45, 7) is 7.97. The number of hydrogen-bond acceptors (Lipinski definition) is 1. The molecule has 2 heteroatoms. The van der Waals surface area contributed by atoms with Gasteiger partial charge in [0.1, 0.15) is 5.82 Å². The van der Waals surface area contributed by atoms with E-state index in [9.17, 15) is 4.39 Å². The van der Waals surface area contributed by atoms with Crippen LogP contribution >= 0.6 is 0 Å². The summed E-state index contributed by atoms with van der Waals surface area (Å²) in [7, 11) is 0. The molecule has 1 aromatic rings. The van der Waals surface area contributed by atoms with Gasteiger partial charge in [0.25, 0.3) is 0 Å². The van der Waals surface area contributed by atoms with E-state index < -0.39 is 5.60 Å². The van der Waals surface area contributed by atoms with Gasteiger partial charge in [0, 0.05) is 0 Å². The molecule has 0 spiro atoms. The van der Waals surface area contributed by atoms with Gasteiger partial charge in [0.15, 0.2) is 0 Å². The van der Waals surface area contributed by atoms with Crippen molar-refractivity contribution in [2.24, 2.45) is 0 Å². The van der Waals surface area contributed by atoms with Crippen molar-refractivity contribution in [2.75, 3.05) is 6.61 Å². The Morgan fingerprint density at radius 1 is 1.36 bits per heavy atom. The molecule has 0 atom stereocenters. The van der Waals surface area contributed by atoms with E-state index in [-0.39, 0.29) is 5.82 Å². The second-order valence-corrected chi connectivity index (χ2v) is 3.62. The Hall–Kier alpha value is -1.15. The van der Waals surface area contributed by atoms with E-state index in [1.807, 2.05) is 13.8 Å². The molecule has 0 saturated carbocycles. The molecule has 0 fully saturated rings. The summed E-state index contributed by atoms with van der Waals surface area (Å²) in [6, 6.07) is 6.35. The van der Waals surface area contributed by atoms with Gasteiger partial charge in [0.2, 0.25) is 0 Å². The topological polar surface area (TPSA) is 9.23 Å². The first-order chi connectivity index (χ1) is 6.56. The number of benzene rings is 1. The van der Waals surface area contributed by atoms with E-state index >= 15 is 0 Å². The van der Waals surface area contributed by atoms with E-state index in [1.165, 1.54) is 12.1 Å². The van der Waals surface area contributed by atoms with Gasteiger partial charge in [0.05, 0.1) is 12.2 Å². The summed E-state index contributed by atoms with van der Waals surface area (Å²) >= 11 is 0. The maximum absolute atomic E-state index is 12.7. The van der Waals surface area contributed by atoms with Gasteiger partial charge in [-0.3, -0.25) is 0 Å². The minimum Gasteiger partial charge on any atom is -0.367 e. The molecule has 0 aliphatic carbocycles. The highest BCUT2D eigenvalue weighted by molar-refractivity contribution is 5.21. The minimum atomic E-state index is -0.401. The molecule has 0 aromatic heterocycles. The van der Waals surface area contributed by atoms with Crippen molar-refractivity contribution in [3.05, 3.63) is 48.3 Å². The first kappa shape index (κ1) is 10.9. The summed E-state index contributed by atoms with van der Waals surface area (Å²) in [5.74, 6) is -0.228. The fourth-order valence-corrected chi connectivity index (χ4v) is 1.20. The molecule has 1 rings (SSSR count). The quantitative estimate of drug-likeness (QED) is 0.668. The van der Waals surface area contributed by atoms with Gasteiger partial charge >= 0.3 is 0 Å². The summed E-state index contributed by atoms with van der Waals surface area (Å²) in [6.07, 6.45) is 1.70. The van der Waals surface area contributed by atoms with Crippen molar-refractivity contribution >= 4 is 0 Å². The zero-order valence-corrected chi connectivity index (χ0v) is 8.59. The molecular formula is C12H15FO. The molecule has 1 aromatic carbocycles. The molecule has 0 aliphatic rings. The lowest BCUT2D eigenvalue weighted by molar-refractivity contribution is -0.00465. The highest BCUT2D eigenvalue weighted by Crippen LogP contribution is 2.24. The van der Waals surface area contributed by atoms with Crippen LogP contribution in [0.5, 0.6) is 0 Å². The fraction of sp³-hybridized carbons (Fsp3) is 0.333. The SMILES string of the molecule is C=CCOC(C)(C)c1ccc(F)cc1. The third-order valence-electron chi connectivity index (χ3n) is 2.10. The third kappa shape index (κ3) is 2.67. The summed E-state index contributed by atoms with van der Waals surface area (Å²) < 4.78 is 18.2. The number of ether oxygens (including phenoxy) is 1. The van der Waals surface area contributed by atoms with Crippen molar-refractivity contribution in [3.8, 4) is 0 Å². The van der Waals surface area contributed by atoms with Crippen LogP contribution in [0.1, 0.15) is 19.4 Å². The fourth-order valence-electron chi connectivity index (χ4n) is 1.20. The smallest absolute Gasteiger partial charge is 0.123 e. The predicted molar refractivity (Wildman–Crippen MR) is 55.6 cm³/mol. The molecule has 0 unspecified atom stereocenters. The van der Waals surface area contributed by atoms with Gasteiger partial charge in [-0.05, 0) is 31.5 Å². The first-order valence-corrected chi connectivity index (χ1v) is 4.57. The normalized spacial score (nSPS) is 11.4. The molecule has 0 aliphatic heterocycles. The Morgan fingerprint density at radius 3 is 2.43 bits per heavy atom. The van der Waals surface area contributed by atoms with Crippen molar-refractivity contribution in [1.29, 1.82) is 0 Å². The van der Waals surface area contributed by atoms with Crippen LogP contribution in [-0.2, 0) is 10.3 Å². The zero-order valence-electron chi connectivity index (χ0n) is 8.59. The highest BCUT2D eigenvalue weighted by Gasteiger charge is 2.20. The van der Waals surface area contributed by atoms with E-state index in [2.05, 4.69) is 6.58 Å². The summed E-state index contributed by atoms with van der Waals surface area (Å²) in [5, 5.41) is 0. The van der Waals surface area contributed by atoms with E-state index in [4.69, 9.17) is 4.74 Å². The van der Waals surface area contributed by atoms with E-state index in [0.717, 1.165) is 5.56 Å². The molecule has 76 valence electrons. The zero-order chi connectivity index (χ0) is 10.6. The number of rotatable bonds is 4. The molecule has 0 amide bonds. The Balaban J connectivity index is 2.80. The van der Waals surface area contributed by atoms with Crippen LogP contribution < -0.4 is 0 Å². The number of halogens is 1. The van der Waals surface area contributed by atoms with Crippen molar-refractivity contribution in [1.82, 2.24) is 0 Å². The summed E-state index contributed by atoms with van der Waals surface area (Å²) in [4.78, 5) is 0. The second kappa shape index (κ2) is 4.38. The van der Waals surface area contributed by atoms with Crippen LogP contribution in [0, 0.1) is 5.82 Å². The van der Waals surface area contributed by atoms with Crippen LogP contribution in [0.2, 0.25) is 0 Å². The maximum Gasteiger partial charge on any atom is 0.123 e. The van der Waals surface area contributed by atoms with Crippen molar-refractivity contribution < 1.29 is 9.13 Å². The molecule has 0 radical (unpaired) electrons. The molecule has 1 nitrogen and oxygen atoms in total. The molecule has 0 heterocycles. The Labute approximate surface area is 84.2 Å². The molecule has 0 saturated heterocycles. The summed E-state index contributed by atoms with van der Waals surface area (Å²) in [5.41, 5.74) is 0.558. The minimum absolute atomic E-state index is 0.228. The van der Waals surface area contributed by atoms with E-state index in [1.54, 1.807) is 18.2 Å². The average molecular weight is 194 g/mol. The maximum atomic E-state index is 12.7. The van der Waals surface area contributed by atoms with Crippen LogP contribution in [0.25, 0.3) is 0 Å². The number of hydrogen-bond donors (Lipinski definition) is 0. The van der Waals surface area contributed by atoms with Gasteiger partial charge < -0.3 is 4.74 Å². The van der Waals surface area contributed by atoms with Crippen LogP contribution in [-0.4, -0.2) is 6.61 Å². The average Bonchev–Trinajstić information content (AvgIpc) is 2.16. The van der Waals surface area contributed by atoms with Crippen LogP contribution in [0.3, 0.4) is 0 Å². The second-order valence-electron chi connectivity index (χ2n) is 3.62. The predicted octanol–water partition coefficient (Wildman–Crippen LogP) is 3.26. The molecular weight excluding hydrogens is 179 g/mol. The largest absolute Gasteiger partial charge is 0.367 e. The van der Waals surface area contributed by atoms with Crippen LogP contribution in [0.15, 0.2) is 36.9 Å². The Bertz CT molecular complexity index is 301. The lowest BCUT2D eigenvalue weighted by Crippen LogP contribution is -2.21. The monoisotopic (exact) mass is 194 g/mol. The lowest BCUT2D eigenvalue weighted by atomic mass is 9.98. The van der Waals surface area contributed by atoms with Crippen molar-refractivity contribution in [2.45, 2.75) is 19.4 Å². The molecule has 0 N–H and O–H groups in total. The van der Waals surface area contributed by atoms with Crippen molar-refractivity contribution in [3.63, 3.8) is 0 Å². The Morgan fingerprint density at radius 2 is 1.93 bits per heavy atom. The van der Waals surface area contributed by atoms with Crippen LogP contribution in [0.4, 0.5) is 4.39 Å². The van der Waals surface area contributed by atoms with Gasteiger partial charge in [-0.25, -0.2) is 4.39 Å². The standard InChI is InChI=1S/C12H15FO/c1-4-9-14-12(2,3)10-5-7-11(13)8-6-10/h4-8H,1,9H2,2-3H3. The molecule has 0 bridgehead atoms. The van der Waals surface area contributed by atoms with E-state index in [0.29, 0.717) is 6.61 Å². The third-order valence-corrected chi connectivity index (χ3v) is 2.10. The van der Waals surface area contributed by atoms with Gasteiger partial charge in [-0.1, -0.05) is 18.2 Å². The van der Waals surface area contributed by atoms with Gasteiger partial charge in [-0.15, -0.1) is 6.58 Å². The lowest BCUT2D eigenvalue weighted by Gasteiger charge is -2.25. The van der Waals surface area contributed by atoms with Gasteiger partial charge in [-0.2, -0.15) is 0 Å². The highest BCUT2D eigenvalue weighted by atomic mass is 19.1. The Kier molecular flexibility index (Phi) is 3.42.